The maximum atomic E-state index is 15.3. The average molecular weight is 465 g/mol. The lowest BCUT2D eigenvalue weighted by molar-refractivity contribution is 0.528. The molecular weight excluding hydrogens is 439 g/mol. The number of hydrogen-bond acceptors (Lipinski definition) is 1. The average Bonchev–Trinajstić information content (AvgIpc) is 3.10. The van der Waals surface area contributed by atoms with Crippen LogP contribution in [0.2, 0.25) is 0 Å². The zero-order chi connectivity index (χ0) is 20.2. The summed E-state index contributed by atoms with van der Waals surface area (Å²) in [7, 11) is -2.82. The van der Waals surface area contributed by atoms with Crippen LogP contribution in [0, 0.1) is 0 Å². The first kappa shape index (κ1) is 20.4. The standard InChI is InChI=1S/C26H26BrOP/c27-21-11-10-19-26(23-14-6-2-7-15-23)20-18-25(22-12-4-1-5-13-22)29(26,28)24-16-8-3-9-17-24/h1-17,25H,18-21H2/b11-10+/t25-,26+,29-/m0/s1. The van der Waals surface area contributed by atoms with Crippen LogP contribution in [-0.2, 0) is 9.72 Å². The molecule has 0 N–H and O–H groups in total. The molecule has 0 bridgehead atoms. The van der Waals surface area contributed by atoms with Gasteiger partial charge in [0.2, 0.25) is 0 Å². The van der Waals surface area contributed by atoms with Gasteiger partial charge in [0.05, 0.1) is 5.16 Å². The van der Waals surface area contributed by atoms with Crippen LogP contribution in [0.3, 0.4) is 0 Å². The van der Waals surface area contributed by atoms with Gasteiger partial charge >= 0.3 is 0 Å². The molecule has 0 spiro atoms. The van der Waals surface area contributed by atoms with Crippen LogP contribution in [0.5, 0.6) is 0 Å². The molecule has 29 heavy (non-hydrogen) atoms. The Bertz CT molecular complexity index is 1000. The molecule has 0 unspecified atom stereocenters. The Labute approximate surface area is 182 Å². The molecule has 0 aromatic heterocycles. The van der Waals surface area contributed by atoms with Crippen molar-refractivity contribution in [1.82, 2.24) is 0 Å². The van der Waals surface area contributed by atoms with E-state index in [2.05, 4.69) is 88.7 Å². The highest BCUT2D eigenvalue weighted by molar-refractivity contribution is 9.09. The van der Waals surface area contributed by atoms with E-state index in [1.165, 1.54) is 11.1 Å². The molecule has 0 saturated carbocycles. The van der Waals surface area contributed by atoms with Gasteiger partial charge in [-0.1, -0.05) is 119 Å². The molecule has 1 nitrogen and oxygen atoms in total. The van der Waals surface area contributed by atoms with E-state index in [4.69, 9.17) is 0 Å². The van der Waals surface area contributed by atoms with Gasteiger partial charge in [0.15, 0.2) is 0 Å². The molecule has 1 saturated heterocycles. The second-order valence-electron chi connectivity index (χ2n) is 7.69. The highest BCUT2D eigenvalue weighted by Crippen LogP contribution is 2.79. The van der Waals surface area contributed by atoms with Gasteiger partial charge in [-0.3, -0.25) is 0 Å². The minimum Gasteiger partial charge on any atom is -0.317 e. The van der Waals surface area contributed by atoms with E-state index in [9.17, 15) is 0 Å². The predicted octanol–water partition coefficient (Wildman–Crippen LogP) is 7.45. The van der Waals surface area contributed by atoms with Gasteiger partial charge in [-0.15, -0.1) is 0 Å². The molecule has 1 aliphatic heterocycles. The fourth-order valence-corrected chi connectivity index (χ4v) is 9.72. The Morgan fingerprint density at radius 1 is 0.862 bits per heavy atom. The quantitative estimate of drug-likeness (QED) is 0.210. The number of alkyl halides is 1. The van der Waals surface area contributed by atoms with Gasteiger partial charge < -0.3 is 4.57 Å². The zero-order valence-electron chi connectivity index (χ0n) is 16.5. The second-order valence-corrected chi connectivity index (χ2v) is 11.6. The van der Waals surface area contributed by atoms with Gasteiger partial charge in [0.25, 0.3) is 0 Å². The number of benzene rings is 3. The third-order valence-electron chi connectivity index (χ3n) is 6.25. The minimum atomic E-state index is -2.82. The lowest BCUT2D eigenvalue weighted by atomic mass is 9.89. The van der Waals surface area contributed by atoms with Crippen molar-refractivity contribution in [3.63, 3.8) is 0 Å². The van der Waals surface area contributed by atoms with Gasteiger partial charge in [0, 0.05) is 16.3 Å². The number of halogens is 1. The Kier molecular flexibility index (Phi) is 6.23. The molecule has 3 atom stereocenters. The molecule has 3 heteroatoms. The summed E-state index contributed by atoms with van der Waals surface area (Å²) in [5.41, 5.74) is 2.44. The number of hydrogen-bond donors (Lipinski definition) is 0. The zero-order valence-corrected chi connectivity index (χ0v) is 18.9. The fraction of sp³-hybridized carbons (Fsp3) is 0.231. The van der Waals surface area contributed by atoms with E-state index < -0.39 is 7.14 Å². The molecule has 4 rings (SSSR count). The first-order valence-electron chi connectivity index (χ1n) is 10.2. The van der Waals surface area contributed by atoms with E-state index in [-0.39, 0.29) is 10.8 Å². The predicted molar refractivity (Wildman–Crippen MR) is 128 cm³/mol. The van der Waals surface area contributed by atoms with E-state index in [0.717, 1.165) is 29.9 Å². The summed E-state index contributed by atoms with van der Waals surface area (Å²) in [6, 6.07) is 31.2. The maximum Gasteiger partial charge on any atom is 0.133 e. The fourth-order valence-electron chi connectivity index (χ4n) is 4.93. The number of allylic oxidation sites excluding steroid dienone is 2. The molecule has 0 amide bonds. The van der Waals surface area contributed by atoms with Crippen molar-refractivity contribution >= 4 is 28.4 Å². The summed E-state index contributed by atoms with van der Waals surface area (Å²) in [4.78, 5) is 0. The topological polar surface area (TPSA) is 17.1 Å². The number of rotatable bonds is 6. The van der Waals surface area contributed by atoms with Crippen molar-refractivity contribution in [2.24, 2.45) is 0 Å². The Morgan fingerprint density at radius 2 is 1.45 bits per heavy atom. The van der Waals surface area contributed by atoms with Crippen LogP contribution in [0.1, 0.15) is 36.0 Å². The maximum absolute atomic E-state index is 15.3. The van der Waals surface area contributed by atoms with Crippen LogP contribution >= 0.6 is 23.1 Å². The van der Waals surface area contributed by atoms with Gasteiger partial charge in [0.1, 0.15) is 7.14 Å². The van der Waals surface area contributed by atoms with Gasteiger partial charge in [-0.2, -0.15) is 0 Å². The van der Waals surface area contributed by atoms with E-state index in [1.54, 1.807) is 0 Å². The third kappa shape index (κ3) is 3.58. The third-order valence-corrected chi connectivity index (χ3v) is 11.1. The first-order valence-corrected chi connectivity index (χ1v) is 13.1. The van der Waals surface area contributed by atoms with Crippen molar-refractivity contribution in [3.05, 3.63) is 114 Å². The summed E-state index contributed by atoms with van der Waals surface area (Å²) in [5, 5.41) is 1.44. The SMILES string of the molecule is O=[P@@]1(c2ccccc2)[C@H](c2ccccc2)CC[C@]1(C/C=C/CBr)c1ccccc1. The molecule has 1 fully saturated rings. The van der Waals surface area contributed by atoms with Crippen molar-refractivity contribution in [3.8, 4) is 0 Å². The molecule has 0 radical (unpaired) electrons. The molecular formula is C26H26BrOP. The lowest BCUT2D eigenvalue weighted by Crippen LogP contribution is -2.28. The van der Waals surface area contributed by atoms with E-state index in [1.807, 2.05) is 30.3 Å². The largest absolute Gasteiger partial charge is 0.317 e. The van der Waals surface area contributed by atoms with Crippen LogP contribution < -0.4 is 5.30 Å². The second kappa shape index (κ2) is 8.86. The lowest BCUT2D eigenvalue weighted by Gasteiger charge is -2.38. The molecule has 3 aromatic carbocycles. The smallest absolute Gasteiger partial charge is 0.133 e. The van der Waals surface area contributed by atoms with Gasteiger partial charge in [-0.25, -0.2) is 0 Å². The van der Waals surface area contributed by atoms with Crippen LogP contribution in [0.4, 0.5) is 0 Å². The van der Waals surface area contributed by atoms with Crippen molar-refractivity contribution in [2.75, 3.05) is 5.33 Å². The van der Waals surface area contributed by atoms with E-state index >= 15 is 4.57 Å². The molecule has 1 aliphatic rings. The molecule has 0 aliphatic carbocycles. The Morgan fingerprint density at radius 3 is 2.07 bits per heavy atom. The summed E-state index contributed by atoms with van der Waals surface area (Å²) in [5.74, 6) is 0. The van der Waals surface area contributed by atoms with E-state index in [0.29, 0.717) is 0 Å². The van der Waals surface area contributed by atoms with Crippen LogP contribution in [0.25, 0.3) is 0 Å². The van der Waals surface area contributed by atoms with Crippen LogP contribution in [-0.4, -0.2) is 5.33 Å². The Balaban J connectivity index is 1.96. The first-order chi connectivity index (χ1) is 14.2. The van der Waals surface area contributed by atoms with Crippen molar-refractivity contribution in [1.29, 1.82) is 0 Å². The highest BCUT2D eigenvalue weighted by atomic mass is 79.9. The molecule has 3 aromatic rings. The van der Waals surface area contributed by atoms with Crippen LogP contribution in [0.15, 0.2) is 103 Å². The van der Waals surface area contributed by atoms with Crippen molar-refractivity contribution in [2.45, 2.75) is 30.1 Å². The Hall–Kier alpha value is -1.89. The summed E-state index contributed by atoms with van der Waals surface area (Å²) >= 11 is 3.50. The normalized spacial score (nSPS) is 26.7. The van der Waals surface area contributed by atoms with Gasteiger partial charge in [-0.05, 0) is 30.4 Å². The summed E-state index contributed by atoms with van der Waals surface area (Å²) in [6.07, 6.45) is 7.00. The summed E-state index contributed by atoms with van der Waals surface area (Å²) in [6.45, 7) is 0. The summed E-state index contributed by atoms with van der Waals surface area (Å²) < 4.78 is 15.3. The van der Waals surface area contributed by atoms with Crippen molar-refractivity contribution < 1.29 is 4.57 Å². The molecule has 148 valence electrons. The highest BCUT2D eigenvalue weighted by Gasteiger charge is 2.58. The monoisotopic (exact) mass is 464 g/mol. The molecule has 1 heterocycles. The minimum absolute atomic E-state index is 0.0451.